The molecule has 6 heteroatoms. The van der Waals surface area contributed by atoms with Crippen LogP contribution in [0.1, 0.15) is 43.6 Å². The molecule has 178 valence electrons. The van der Waals surface area contributed by atoms with Crippen LogP contribution in [-0.4, -0.2) is 27.5 Å². The fraction of sp³-hybridized carbons (Fsp3) is 0.276. The number of amides is 1. The third-order valence-corrected chi connectivity index (χ3v) is 6.90. The summed E-state index contributed by atoms with van der Waals surface area (Å²) in [6.07, 6.45) is 2.88. The number of carbonyl (C=O) groups is 1. The largest absolute Gasteiger partial charge is 0.495 e. The zero-order valence-corrected chi connectivity index (χ0v) is 20.1. The van der Waals surface area contributed by atoms with Crippen molar-refractivity contribution < 1.29 is 9.53 Å². The van der Waals surface area contributed by atoms with Crippen molar-refractivity contribution in [3.63, 3.8) is 0 Å². The molecule has 1 heterocycles. The Morgan fingerprint density at radius 2 is 1.71 bits per heavy atom. The third kappa shape index (κ3) is 4.32. The first-order chi connectivity index (χ1) is 17.1. The lowest BCUT2D eigenvalue weighted by Crippen LogP contribution is -2.42. The van der Waals surface area contributed by atoms with Gasteiger partial charge in [-0.1, -0.05) is 61.0 Å². The number of ether oxygens (including phenoxy) is 1. The monoisotopic (exact) mass is 467 g/mol. The second kappa shape index (κ2) is 9.74. The highest BCUT2D eigenvalue weighted by molar-refractivity contribution is 5.81. The molecule has 35 heavy (non-hydrogen) atoms. The van der Waals surface area contributed by atoms with E-state index in [0.29, 0.717) is 34.7 Å². The van der Waals surface area contributed by atoms with Gasteiger partial charge in [-0.2, -0.15) is 0 Å². The third-order valence-electron chi connectivity index (χ3n) is 6.90. The SMILES string of the molecule is COc1ccccc1-n1c(C(C)N(Cc2ccccc2)C(=O)C2CCC2)nc2ccccc2c1=O. The predicted molar refractivity (Wildman–Crippen MR) is 137 cm³/mol. The van der Waals surface area contributed by atoms with Crippen molar-refractivity contribution in [2.24, 2.45) is 5.92 Å². The van der Waals surface area contributed by atoms with Crippen LogP contribution in [0.5, 0.6) is 5.75 Å². The van der Waals surface area contributed by atoms with Crippen LogP contribution in [0.15, 0.2) is 83.7 Å². The first-order valence-electron chi connectivity index (χ1n) is 12.1. The standard InChI is InChI=1S/C29H29N3O3/c1-20(31(28(33)22-13-10-14-22)19-21-11-4-3-5-12-21)27-30-24-16-7-6-15-23(24)29(34)32(27)25-17-8-9-18-26(25)35-2/h3-9,11-12,15-18,20,22H,10,13-14,19H2,1-2H3. The fourth-order valence-electron chi connectivity index (χ4n) is 4.69. The summed E-state index contributed by atoms with van der Waals surface area (Å²) in [5.41, 5.74) is 2.08. The van der Waals surface area contributed by atoms with Crippen LogP contribution in [0, 0.1) is 5.92 Å². The van der Waals surface area contributed by atoms with Gasteiger partial charge in [0.15, 0.2) is 0 Å². The number of hydrogen-bond acceptors (Lipinski definition) is 4. The number of methoxy groups -OCH3 is 1. The summed E-state index contributed by atoms with van der Waals surface area (Å²) in [5, 5.41) is 0.522. The average Bonchev–Trinajstić information content (AvgIpc) is 2.86. The number of para-hydroxylation sites is 3. The van der Waals surface area contributed by atoms with Gasteiger partial charge in [-0.3, -0.25) is 14.2 Å². The van der Waals surface area contributed by atoms with Gasteiger partial charge in [0.25, 0.3) is 5.56 Å². The van der Waals surface area contributed by atoms with Crippen LogP contribution >= 0.6 is 0 Å². The molecular formula is C29H29N3O3. The van der Waals surface area contributed by atoms with Crippen LogP contribution < -0.4 is 10.3 Å². The van der Waals surface area contributed by atoms with Crippen molar-refractivity contribution in [2.45, 2.75) is 38.8 Å². The lowest BCUT2D eigenvalue weighted by molar-refractivity contribution is -0.141. The molecular weight excluding hydrogens is 438 g/mol. The summed E-state index contributed by atoms with van der Waals surface area (Å²) >= 11 is 0. The Morgan fingerprint density at radius 3 is 2.43 bits per heavy atom. The number of carbonyl (C=O) groups excluding carboxylic acids is 1. The molecule has 1 unspecified atom stereocenters. The molecule has 0 N–H and O–H groups in total. The van der Waals surface area contributed by atoms with Gasteiger partial charge in [0, 0.05) is 12.5 Å². The smallest absolute Gasteiger partial charge is 0.266 e. The summed E-state index contributed by atoms with van der Waals surface area (Å²) in [6.45, 7) is 2.41. The molecule has 0 bridgehead atoms. The summed E-state index contributed by atoms with van der Waals surface area (Å²) in [7, 11) is 1.59. The van der Waals surface area contributed by atoms with E-state index in [2.05, 4.69) is 0 Å². The van der Waals surface area contributed by atoms with Gasteiger partial charge in [-0.15, -0.1) is 0 Å². The van der Waals surface area contributed by atoms with Gasteiger partial charge in [-0.25, -0.2) is 4.98 Å². The molecule has 6 nitrogen and oxygen atoms in total. The lowest BCUT2D eigenvalue weighted by atomic mass is 9.84. The molecule has 4 aromatic rings. The van der Waals surface area contributed by atoms with Crippen molar-refractivity contribution >= 4 is 16.8 Å². The van der Waals surface area contributed by atoms with Crippen LogP contribution in [0.2, 0.25) is 0 Å². The van der Waals surface area contributed by atoms with E-state index in [-0.39, 0.29) is 17.4 Å². The van der Waals surface area contributed by atoms with Gasteiger partial charge in [0.1, 0.15) is 11.6 Å². The maximum atomic E-state index is 13.8. The van der Waals surface area contributed by atoms with Gasteiger partial charge in [0.05, 0.1) is 29.7 Å². The van der Waals surface area contributed by atoms with E-state index in [4.69, 9.17) is 9.72 Å². The molecule has 1 atom stereocenters. The second-order valence-electron chi connectivity index (χ2n) is 9.06. The van der Waals surface area contributed by atoms with Crippen LogP contribution in [-0.2, 0) is 11.3 Å². The lowest BCUT2D eigenvalue weighted by Gasteiger charge is -2.36. The number of benzene rings is 3. The summed E-state index contributed by atoms with van der Waals surface area (Å²) in [4.78, 5) is 34.3. The van der Waals surface area contributed by atoms with E-state index in [1.54, 1.807) is 17.7 Å². The highest BCUT2D eigenvalue weighted by Gasteiger charge is 2.34. The summed E-state index contributed by atoms with van der Waals surface area (Å²) in [6, 6.07) is 24.3. The van der Waals surface area contributed by atoms with Crippen molar-refractivity contribution in [1.82, 2.24) is 14.5 Å². The zero-order valence-electron chi connectivity index (χ0n) is 20.1. The first kappa shape index (κ1) is 22.8. The van der Waals surface area contributed by atoms with E-state index in [9.17, 15) is 9.59 Å². The topological polar surface area (TPSA) is 64.4 Å². The molecule has 0 saturated heterocycles. The molecule has 1 fully saturated rings. The van der Waals surface area contributed by atoms with Crippen LogP contribution in [0.25, 0.3) is 16.6 Å². The van der Waals surface area contributed by atoms with Crippen LogP contribution in [0.4, 0.5) is 0 Å². The molecule has 1 saturated carbocycles. The molecule has 1 aliphatic rings. The molecule has 3 aromatic carbocycles. The van der Waals surface area contributed by atoms with Crippen molar-refractivity contribution in [3.05, 3.63) is 101 Å². The summed E-state index contributed by atoms with van der Waals surface area (Å²) in [5.74, 6) is 1.22. The minimum absolute atomic E-state index is 0.0213. The van der Waals surface area contributed by atoms with Gasteiger partial charge >= 0.3 is 0 Å². The molecule has 0 radical (unpaired) electrons. The Hall–Kier alpha value is -3.93. The molecule has 0 spiro atoms. The highest BCUT2D eigenvalue weighted by atomic mass is 16.5. The van der Waals surface area contributed by atoms with Crippen molar-refractivity contribution in [2.75, 3.05) is 7.11 Å². The van der Waals surface area contributed by atoms with E-state index in [0.717, 1.165) is 24.8 Å². The van der Waals surface area contributed by atoms with E-state index in [1.165, 1.54) is 0 Å². The Kier molecular flexibility index (Phi) is 6.36. The number of aromatic nitrogens is 2. The minimum Gasteiger partial charge on any atom is -0.495 e. The Morgan fingerprint density at radius 1 is 1.03 bits per heavy atom. The number of fused-ring (bicyclic) bond motifs is 1. The number of rotatable bonds is 7. The zero-order chi connectivity index (χ0) is 24.4. The predicted octanol–water partition coefficient (Wildman–Crippen LogP) is 5.28. The normalized spacial score (nSPS) is 14.3. The Bertz CT molecular complexity index is 1410. The average molecular weight is 468 g/mol. The Labute approximate surface area is 204 Å². The second-order valence-corrected chi connectivity index (χ2v) is 9.06. The van der Waals surface area contributed by atoms with Gasteiger partial charge in [-0.05, 0) is 49.6 Å². The number of hydrogen-bond donors (Lipinski definition) is 0. The van der Waals surface area contributed by atoms with Crippen LogP contribution in [0.3, 0.4) is 0 Å². The molecule has 1 aliphatic carbocycles. The van der Waals surface area contributed by atoms with Gasteiger partial charge < -0.3 is 9.64 Å². The number of nitrogens with zero attached hydrogens (tertiary/aromatic N) is 3. The minimum atomic E-state index is -0.439. The van der Waals surface area contributed by atoms with Crippen molar-refractivity contribution in [1.29, 1.82) is 0 Å². The maximum absolute atomic E-state index is 13.8. The highest BCUT2D eigenvalue weighted by Crippen LogP contribution is 2.34. The van der Waals surface area contributed by atoms with Crippen molar-refractivity contribution in [3.8, 4) is 11.4 Å². The summed E-state index contributed by atoms with van der Waals surface area (Å²) < 4.78 is 7.21. The van der Waals surface area contributed by atoms with E-state index >= 15 is 0 Å². The first-order valence-corrected chi connectivity index (χ1v) is 12.1. The Balaban J connectivity index is 1.70. The maximum Gasteiger partial charge on any atom is 0.266 e. The molecule has 1 amide bonds. The van der Waals surface area contributed by atoms with E-state index < -0.39 is 6.04 Å². The quantitative estimate of drug-likeness (QED) is 0.371. The fourth-order valence-corrected chi connectivity index (χ4v) is 4.69. The molecule has 5 rings (SSSR count). The van der Waals surface area contributed by atoms with Gasteiger partial charge in [0.2, 0.25) is 5.91 Å². The molecule has 1 aromatic heterocycles. The van der Waals surface area contributed by atoms with E-state index in [1.807, 2.05) is 84.6 Å². The molecule has 0 aliphatic heterocycles.